The summed E-state index contributed by atoms with van der Waals surface area (Å²) in [6, 6.07) is 4.73. The predicted molar refractivity (Wildman–Crippen MR) is 111 cm³/mol. The van der Waals surface area contributed by atoms with Crippen LogP contribution in [0.3, 0.4) is 0 Å². The highest BCUT2D eigenvalue weighted by Gasteiger charge is 2.30. The summed E-state index contributed by atoms with van der Waals surface area (Å²) < 4.78 is 0. The summed E-state index contributed by atoms with van der Waals surface area (Å²) in [6.45, 7) is 7.13. The molecule has 0 bridgehead atoms. The molecule has 1 aliphatic carbocycles. The van der Waals surface area contributed by atoms with Gasteiger partial charge in [0.15, 0.2) is 0 Å². The van der Waals surface area contributed by atoms with Crippen molar-refractivity contribution in [3.63, 3.8) is 0 Å². The van der Waals surface area contributed by atoms with Crippen LogP contribution < -0.4 is 0 Å². The number of Topliss-reactive ketones (excluding diaryl/α,β-unsaturated/α-hetero) is 1. The average Bonchev–Trinajstić information content (AvgIpc) is 3.22. The lowest BCUT2D eigenvalue weighted by molar-refractivity contribution is -0.138. The van der Waals surface area contributed by atoms with Gasteiger partial charge in [0.1, 0.15) is 5.78 Å². The second kappa shape index (κ2) is 10.1. The second-order valence-corrected chi connectivity index (χ2v) is 8.80. The van der Waals surface area contributed by atoms with Crippen molar-refractivity contribution in [2.75, 3.05) is 19.6 Å². The Morgan fingerprint density at radius 1 is 1.21 bits per heavy atom. The molecule has 1 amide bonds. The number of hydrogen-bond donors (Lipinski definition) is 0. The molecular weight excluding hydrogens is 350 g/mol. The molecule has 0 unspecified atom stereocenters. The zero-order chi connectivity index (χ0) is 19.9. The van der Waals surface area contributed by atoms with E-state index >= 15 is 0 Å². The largest absolute Gasteiger partial charge is 0.338 e. The van der Waals surface area contributed by atoms with Crippen LogP contribution >= 0.6 is 0 Å². The molecule has 154 valence electrons. The molecule has 1 aromatic rings. The molecule has 0 N–H and O–H groups in total. The summed E-state index contributed by atoms with van der Waals surface area (Å²) in [6.07, 6.45) is 11.7. The fourth-order valence-electron chi connectivity index (χ4n) is 4.86. The summed E-state index contributed by atoms with van der Waals surface area (Å²) in [4.78, 5) is 33.4. The highest BCUT2D eigenvalue weighted by molar-refractivity contribution is 5.85. The van der Waals surface area contributed by atoms with Gasteiger partial charge in [0.25, 0.3) is 0 Å². The van der Waals surface area contributed by atoms with Crippen LogP contribution in [0.25, 0.3) is 0 Å². The number of likely N-dealkylation sites (tertiary alicyclic amines) is 1. The van der Waals surface area contributed by atoms with Gasteiger partial charge in [-0.3, -0.25) is 9.78 Å². The SMILES string of the molecule is CC(=O)C[C@H](C)C(=O)N(Cc1cccnc1)CC1CCN(C2CCCC2)CC1. The second-order valence-electron chi connectivity index (χ2n) is 8.80. The number of carbonyl (C=O) groups is 2. The maximum Gasteiger partial charge on any atom is 0.226 e. The number of hydrogen-bond acceptors (Lipinski definition) is 4. The summed E-state index contributed by atoms with van der Waals surface area (Å²) in [5, 5.41) is 0. The molecule has 1 saturated carbocycles. The van der Waals surface area contributed by atoms with Crippen molar-refractivity contribution in [3.05, 3.63) is 30.1 Å². The van der Waals surface area contributed by atoms with Crippen LogP contribution in [-0.2, 0) is 16.1 Å². The predicted octanol–water partition coefficient (Wildman–Crippen LogP) is 3.68. The minimum Gasteiger partial charge on any atom is -0.338 e. The van der Waals surface area contributed by atoms with Gasteiger partial charge in [-0.1, -0.05) is 25.8 Å². The Hall–Kier alpha value is -1.75. The first-order chi connectivity index (χ1) is 13.5. The third-order valence-electron chi connectivity index (χ3n) is 6.39. The van der Waals surface area contributed by atoms with Crippen LogP contribution in [0.1, 0.15) is 64.4 Å². The number of ketones is 1. The van der Waals surface area contributed by atoms with Crippen LogP contribution in [0, 0.1) is 11.8 Å². The molecule has 2 heterocycles. The third kappa shape index (κ3) is 5.87. The van der Waals surface area contributed by atoms with Crippen molar-refractivity contribution < 1.29 is 9.59 Å². The van der Waals surface area contributed by atoms with E-state index in [9.17, 15) is 9.59 Å². The summed E-state index contributed by atoms with van der Waals surface area (Å²) in [7, 11) is 0. The van der Waals surface area contributed by atoms with E-state index in [1.807, 2.05) is 30.2 Å². The van der Waals surface area contributed by atoms with E-state index in [0.29, 0.717) is 18.9 Å². The number of carbonyl (C=O) groups excluding carboxylic acids is 2. The van der Waals surface area contributed by atoms with E-state index < -0.39 is 0 Å². The first-order valence-corrected chi connectivity index (χ1v) is 10.9. The molecular formula is C23H35N3O2. The number of piperidine rings is 1. The van der Waals surface area contributed by atoms with Gasteiger partial charge in [-0.2, -0.15) is 0 Å². The fourth-order valence-corrected chi connectivity index (χ4v) is 4.86. The highest BCUT2D eigenvalue weighted by Crippen LogP contribution is 2.28. The van der Waals surface area contributed by atoms with E-state index in [4.69, 9.17) is 0 Å². The Morgan fingerprint density at radius 3 is 2.54 bits per heavy atom. The molecule has 28 heavy (non-hydrogen) atoms. The standard InChI is InChI=1S/C23H35N3O2/c1-18(14-19(2)27)23(28)26(17-21-6-5-11-24-15-21)16-20-9-12-25(13-10-20)22-7-3-4-8-22/h5-6,11,15,18,20,22H,3-4,7-10,12-14,16-17H2,1-2H3/t18-/m0/s1. The molecule has 3 rings (SSSR count). The summed E-state index contributed by atoms with van der Waals surface area (Å²) in [5.41, 5.74) is 1.05. The fraction of sp³-hybridized carbons (Fsp3) is 0.696. The monoisotopic (exact) mass is 385 g/mol. The van der Waals surface area contributed by atoms with Gasteiger partial charge in [0, 0.05) is 43.9 Å². The van der Waals surface area contributed by atoms with Crippen LogP contribution in [0.4, 0.5) is 0 Å². The molecule has 0 aromatic carbocycles. The van der Waals surface area contributed by atoms with Gasteiger partial charge in [0.2, 0.25) is 5.91 Å². The van der Waals surface area contributed by atoms with Crippen LogP contribution in [0.15, 0.2) is 24.5 Å². The van der Waals surface area contributed by atoms with E-state index in [0.717, 1.165) is 44.1 Å². The van der Waals surface area contributed by atoms with Crippen molar-refractivity contribution in [1.29, 1.82) is 0 Å². The molecule has 1 saturated heterocycles. The molecule has 1 aliphatic heterocycles. The third-order valence-corrected chi connectivity index (χ3v) is 6.39. The molecule has 0 spiro atoms. The average molecular weight is 386 g/mol. The minimum absolute atomic E-state index is 0.0760. The number of nitrogens with zero attached hydrogens (tertiary/aromatic N) is 3. The van der Waals surface area contributed by atoms with Gasteiger partial charge in [-0.15, -0.1) is 0 Å². The van der Waals surface area contributed by atoms with Crippen LogP contribution in [0.5, 0.6) is 0 Å². The Bertz CT molecular complexity index is 635. The number of pyridine rings is 1. The van der Waals surface area contributed by atoms with E-state index in [2.05, 4.69) is 9.88 Å². The van der Waals surface area contributed by atoms with Gasteiger partial charge in [-0.25, -0.2) is 0 Å². The van der Waals surface area contributed by atoms with E-state index in [-0.39, 0.29) is 17.6 Å². The highest BCUT2D eigenvalue weighted by atomic mass is 16.2. The number of amides is 1. The van der Waals surface area contributed by atoms with Crippen molar-refractivity contribution in [1.82, 2.24) is 14.8 Å². The summed E-state index contributed by atoms with van der Waals surface area (Å²) >= 11 is 0. The molecule has 2 fully saturated rings. The zero-order valence-corrected chi connectivity index (χ0v) is 17.5. The van der Waals surface area contributed by atoms with Gasteiger partial charge >= 0.3 is 0 Å². The first kappa shape index (κ1) is 21.0. The zero-order valence-electron chi connectivity index (χ0n) is 17.5. The molecule has 0 radical (unpaired) electrons. The van der Waals surface area contributed by atoms with Crippen molar-refractivity contribution in [2.24, 2.45) is 11.8 Å². The number of aromatic nitrogens is 1. The topological polar surface area (TPSA) is 53.5 Å². The number of rotatable bonds is 8. The Balaban J connectivity index is 1.60. The molecule has 2 aliphatic rings. The molecule has 5 nitrogen and oxygen atoms in total. The van der Waals surface area contributed by atoms with Crippen molar-refractivity contribution in [3.8, 4) is 0 Å². The first-order valence-electron chi connectivity index (χ1n) is 10.9. The lowest BCUT2D eigenvalue weighted by Crippen LogP contribution is -2.44. The molecule has 1 aromatic heterocycles. The maximum atomic E-state index is 13.1. The quantitative estimate of drug-likeness (QED) is 0.685. The Morgan fingerprint density at radius 2 is 1.93 bits per heavy atom. The molecule has 1 atom stereocenters. The lowest BCUT2D eigenvalue weighted by atomic mass is 9.93. The lowest BCUT2D eigenvalue weighted by Gasteiger charge is -2.38. The molecule has 5 heteroatoms. The maximum absolute atomic E-state index is 13.1. The smallest absolute Gasteiger partial charge is 0.226 e. The summed E-state index contributed by atoms with van der Waals surface area (Å²) in [5.74, 6) is 0.458. The Labute approximate surface area is 169 Å². The van der Waals surface area contributed by atoms with Crippen LogP contribution in [0.2, 0.25) is 0 Å². The normalized spacial score (nSPS) is 20.2. The van der Waals surface area contributed by atoms with Crippen LogP contribution in [-0.4, -0.2) is 52.2 Å². The van der Waals surface area contributed by atoms with Gasteiger partial charge < -0.3 is 14.6 Å². The van der Waals surface area contributed by atoms with Crippen molar-refractivity contribution >= 4 is 11.7 Å². The van der Waals surface area contributed by atoms with E-state index in [1.54, 1.807) is 13.1 Å². The van der Waals surface area contributed by atoms with E-state index in [1.165, 1.54) is 25.7 Å². The van der Waals surface area contributed by atoms with Gasteiger partial charge in [-0.05, 0) is 63.2 Å². The van der Waals surface area contributed by atoms with Crippen molar-refractivity contribution in [2.45, 2.75) is 71.4 Å². The Kier molecular flexibility index (Phi) is 7.60. The van der Waals surface area contributed by atoms with Gasteiger partial charge in [0.05, 0.1) is 0 Å². The minimum atomic E-state index is -0.257.